The summed E-state index contributed by atoms with van der Waals surface area (Å²) in [6.07, 6.45) is -8.32. The highest BCUT2D eigenvalue weighted by Gasteiger charge is 2.35. The standard InChI is InChI=1S/C7H12O7/c1-2(8)3(9)4(10)5(11)6(12)7(13)14/h3-6,9-12H,1H3,(H,13,14)/t3-,4-,5+,6-/m0/s1. The first-order valence-electron chi connectivity index (χ1n) is 3.74. The molecule has 0 radical (unpaired) electrons. The number of hydrogen-bond acceptors (Lipinski definition) is 6. The van der Waals surface area contributed by atoms with Crippen molar-refractivity contribution in [1.82, 2.24) is 0 Å². The number of aliphatic hydroxyl groups excluding tert-OH is 4. The van der Waals surface area contributed by atoms with Gasteiger partial charge < -0.3 is 25.5 Å². The summed E-state index contributed by atoms with van der Waals surface area (Å²) in [6, 6.07) is 0. The lowest BCUT2D eigenvalue weighted by Gasteiger charge is -2.22. The molecule has 0 aliphatic rings. The number of carboxylic acid groups (broad SMARTS) is 1. The third kappa shape index (κ3) is 3.04. The fraction of sp³-hybridized carbons (Fsp3) is 0.714. The van der Waals surface area contributed by atoms with E-state index in [2.05, 4.69) is 0 Å². The first kappa shape index (κ1) is 13.0. The number of Topliss-reactive ketones (excluding diaryl/α,β-unsaturated/α-hetero) is 1. The second kappa shape index (κ2) is 5.01. The van der Waals surface area contributed by atoms with Gasteiger partial charge in [0.2, 0.25) is 0 Å². The molecule has 4 atom stereocenters. The zero-order valence-corrected chi connectivity index (χ0v) is 7.36. The Balaban J connectivity index is 4.45. The third-order valence-electron chi connectivity index (χ3n) is 1.67. The smallest absolute Gasteiger partial charge is 0.335 e. The number of aliphatic hydroxyl groups is 4. The summed E-state index contributed by atoms with van der Waals surface area (Å²) in [4.78, 5) is 20.7. The number of carbonyl (C=O) groups is 2. The molecule has 0 heterocycles. The number of aliphatic carboxylic acids is 1. The third-order valence-corrected chi connectivity index (χ3v) is 1.67. The van der Waals surface area contributed by atoms with Gasteiger partial charge in [-0.2, -0.15) is 0 Å². The van der Waals surface area contributed by atoms with Crippen LogP contribution in [0.25, 0.3) is 0 Å². The van der Waals surface area contributed by atoms with Gasteiger partial charge in [-0.05, 0) is 6.92 Å². The van der Waals surface area contributed by atoms with Crippen molar-refractivity contribution in [2.45, 2.75) is 31.3 Å². The predicted molar refractivity (Wildman–Crippen MR) is 42.3 cm³/mol. The maximum Gasteiger partial charge on any atom is 0.335 e. The summed E-state index contributed by atoms with van der Waals surface area (Å²) in [5.41, 5.74) is 0. The second-order valence-corrected chi connectivity index (χ2v) is 2.82. The van der Waals surface area contributed by atoms with Crippen LogP contribution in [0.3, 0.4) is 0 Å². The van der Waals surface area contributed by atoms with Crippen LogP contribution >= 0.6 is 0 Å². The molecule has 0 aliphatic carbocycles. The van der Waals surface area contributed by atoms with E-state index in [9.17, 15) is 9.59 Å². The van der Waals surface area contributed by atoms with E-state index in [1.807, 2.05) is 0 Å². The molecule has 14 heavy (non-hydrogen) atoms. The summed E-state index contributed by atoms with van der Waals surface area (Å²) in [5.74, 6) is -2.60. The van der Waals surface area contributed by atoms with Gasteiger partial charge in [0.25, 0.3) is 0 Å². The predicted octanol–water partition coefficient (Wildman–Crippen LogP) is -2.90. The molecule has 0 aromatic rings. The van der Waals surface area contributed by atoms with Crippen molar-refractivity contribution in [1.29, 1.82) is 0 Å². The molecule has 0 fully saturated rings. The second-order valence-electron chi connectivity index (χ2n) is 2.82. The average molecular weight is 208 g/mol. The molecule has 0 rings (SSSR count). The molecule has 82 valence electrons. The van der Waals surface area contributed by atoms with E-state index in [0.717, 1.165) is 6.92 Å². The molecular formula is C7H12O7. The lowest BCUT2D eigenvalue weighted by molar-refractivity contribution is -0.165. The van der Waals surface area contributed by atoms with Crippen molar-refractivity contribution in [3.63, 3.8) is 0 Å². The maximum atomic E-state index is 10.5. The normalized spacial score (nSPS) is 19.5. The minimum Gasteiger partial charge on any atom is -0.479 e. The summed E-state index contributed by atoms with van der Waals surface area (Å²) in [6.45, 7) is 0.952. The highest BCUT2D eigenvalue weighted by atomic mass is 16.4. The SMILES string of the molecule is CC(=O)[C@H](O)[C@H](O)[C@@H](O)[C@H](O)C(=O)O. The lowest BCUT2D eigenvalue weighted by Crippen LogP contribution is -2.49. The van der Waals surface area contributed by atoms with E-state index in [1.54, 1.807) is 0 Å². The Labute approximate surface area is 79.2 Å². The van der Waals surface area contributed by atoms with E-state index < -0.39 is 36.2 Å². The van der Waals surface area contributed by atoms with Crippen molar-refractivity contribution in [3.05, 3.63) is 0 Å². The van der Waals surface area contributed by atoms with E-state index >= 15 is 0 Å². The Hall–Kier alpha value is -1.02. The monoisotopic (exact) mass is 208 g/mol. The van der Waals surface area contributed by atoms with Gasteiger partial charge in [0.15, 0.2) is 11.9 Å². The first-order chi connectivity index (χ1) is 6.29. The van der Waals surface area contributed by atoms with Crippen molar-refractivity contribution in [3.8, 4) is 0 Å². The Bertz CT molecular complexity index is 202. The number of rotatable bonds is 5. The van der Waals surface area contributed by atoms with Crippen LogP contribution in [0.5, 0.6) is 0 Å². The van der Waals surface area contributed by atoms with Gasteiger partial charge in [0, 0.05) is 0 Å². The Kier molecular flexibility index (Phi) is 4.64. The Morgan fingerprint density at radius 3 is 1.57 bits per heavy atom. The summed E-state index contributed by atoms with van der Waals surface area (Å²) < 4.78 is 0. The average Bonchev–Trinajstić information content (AvgIpc) is 2.12. The van der Waals surface area contributed by atoms with Gasteiger partial charge >= 0.3 is 5.97 Å². The van der Waals surface area contributed by atoms with E-state index in [0.29, 0.717) is 0 Å². The van der Waals surface area contributed by atoms with Gasteiger partial charge in [-0.25, -0.2) is 4.79 Å². The fourth-order valence-corrected chi connectivity index (χ4v) is 0.760. The quantitative estimate of drug-likeness (QED) is 0.327. The largest absolute Gasteiger partial charge is 0.479 e. The van der Waals surface area contributed by atoms with Crippen molar-refractivity contribution in [2.24, 2.45) is 0 Å². The van der Waals surface area contributed by atoms with Gasteiger partial charge in [-0.1, -0.05) is 0 Å². The molecule has 0 unspecified atom stereocenters. The van der Waals surface area contributed by atoms with Gasteiger partial charge in [-0.15, -0.1) is 0 Å². The molecule has 5 N–H and O–H groups in total. The van der Waals surface area contributed by atoms with E-state index in [-0.39, 0.29) is 0 Å². The van der Waals surface area contributed by atoms with Crippen molar-refractivity contribution < 1.29 is 35.1 Å². The van der Waals surface area contributed by atoms with Gasteiger partial charge in [0.1, 0.15) is 18.3 Å². The van der Waals surface area contributed by atoms with Crippen LogP contribution in [0.15, 0.2) is 0 Å². The molecule has 7 heteroatoms. The molecular weight excluding hydrogens is 196 g/mol. The molecule has 0 bridgehead atoms. The topological polar surface area (TPSA) is 135 Å². The summed E-state index contributed by atoms with van der Waals surface area (Å²) >= 11 is 0. The minimum atomic E-state index is -2.25. The van der Waals surface area contributed by atoms with Gasteiger partial charge in [-0.3, -0.25) is 4.79 Å². The van der Waals surface area contributed by atoms with Crippen LogP contribution in [0.4, 0.5) is 0 Å². The number of hydrogen-bond donors (Lipinski definition) is 5. The molecule has 0 spiro atoms. The van der Waals surface area contributed by atoms with Crippen LogP contribution in [0.2, 0.25) is 0 Å². The molecule has 0 saturated heterocycles. The van der Waals surface area contributed by atoms with Crippen molar-refractivity contribution >= 4 is 11.8 Å². The zero-order chi connectivity index (χ0) is 11.5. The highest BCUT2D eigenvalue weighted by molar-refractivity contribution is 5.81. The van der Waals surface area contributed by atoms with Crippen LogP contribution in [-0.2, 0) is 9.59 Å². The van der Waals surface area contributed by atoms with Crippen LogP contribution < -0.4 is 0 Å². The van der Waals surface area contributed by atoms with E-state index in [1.165, 1.54) is 0 Å². The Morgan fingerprint density at radius 1 is 0.929 bits per heavy atom. The highest BCUT2D eigenvalue weighted by Crippen LogP contribution is 2.06. The molecule has 0 aromatic heterocycles. The van der Waals surface area contributed by atoms with Crippen LogP contribution in [-0.4, -0.2) is 61.7 Å². The first-order valence-corrected chi connectivity index (χ1v) is 3.74. The minimum absolute atomic E-state index is 0.839. The number of carboxylic acids is 1. The van der Waals surface area contributed by atoms with Crippen LogP contribution in [0.1, 0.15) is 6.92 Å². The summed E-state index contributed by atoms with van der Waals surface area (Å²) in [5, 5.41) is 43.9. The molecule has 0 aliphatic heterocycles. The zero-order valence-electron chi connectivity index (χ0n) is 7.36. The van der Waals surface area contributed by atoms with Crippen LogP contribution in [0, 0.1) is 0 Å². The maximum absolute atomic E-state index is 10.5. The van der Waals surface area contributed by atoms with E-state index in [4.69, 9.17) is 25.5 Å². The number of ketones is 1. The Morgan fingerprint density at radius 2 is 1.29 bits per heavy atom. The molecule has 7 nitrogen and oxygen atoms in total. The van der Waals surface area contributed by atoms with Crippen molar-refractivity contribution in [2.75, 3.05) is 0 Å². The number of carbonyl (C=O) groups excluding carboxylic acids is 1. The lowest BCUT2D eigenvalue weighted by atomic mass is 10.0. The van der Waals surface area contributed by atoms with Gasteiger partial charge in [0.05, 0.1) is 0 Å². The molecule has 0 amide bonds. The summed E-state index contributed by atoms with van der Waals surface area (Å²) in [7, 11) is 0. The molecule has 0 aromatic carbocycles. The fourth-order valence-electron chi connectivity index (χ4n) is 0.760. The molecule has 0 saturated carbocycles.